The van der Waals surface area contributed by atoms with Crippen LogP contribution in [0.3, 0.4) is 0 Å². The van der Waals surface area contributed by atoms with Crippen LogP contribution in [0, 0.1) is 14.9 Å². The molecule has 1 rings (SSSR count). The molecule has 1 heterocycles. The van der Waals surface area contributed by atoms with Crippen molar-refractivity contribution >= 4 is 22.6 Å². The maximum absolute atomic E-state index is 12.5. The molecule has 0 saturated heterocycles. The van der Waals surface area contributed by atoms with Crippen molar-refractivity contribution in [2.75, 3.05) is 0 Å². The predicted molar refractivity (Wildman–Crippen MR) is 57.9 cm³/mol. The van der Waals surface area contributed by atoms with Gasteiger partial charge in [-0.05, 0) is 22.6 Å². The maximum atomic E-state index is 12.5. The summed E-state index contributed by atoms with van der Waals surface area (Å²) in [6.07, 6.45) is -7.95. The van der Waals surface area contributed by atoms with E-state index in [4.69, 9.17) is 5.26 Å². The monoisotopic (exact) mass is 378 g/mol. The summed E-state index contributed by atoms with van der Waals surface area (Å²) in [5.74, 6) is -1.00. The van der Waals surface area contributed by atoms with Crippen molar-refractivity contribution in [3.05, 3.63) is 21.0 Å². The normalized spacial score (nSPS) is 11.4. The van der Waals surface area contributed by atoms with Gasteiger partial charge in [-0.1, -0.05) is 0 Å². The van der Waals surface area contributed by atoms with E-state index in [0.29, 0.717) is 6.20 Å². The van der Waals surface area contributed by atoms with Gasteiger partial charge in [0.2, 0.25) is 0 Å². The van der Waals surface area contributed by atoms with Crippen LogP contribution in [0.25, 0.3) is 0 Å². The molecule has 0 bridgehead atoms. The molecule has 0 atom stereocenters. The molecule has 0 aliphatic carbocycles. The van der Waals surface area contributed by atoms with E-state index < -0.39 is 24.1 Å². The highest BCUT2D eigenvalue weighted by Gasteiger charge is 2.35. The van der Waals surface area contributed by atoms with Crippen LogP contribution >= 0.6 is 22.6 Å². The molecule has 0 amide bonds. The first-order valence-corrected chi connectivity index (χ1v) is 5.42. The summed E-state index contributed by atoms with van der Waals surface area (Å²) in [5, 5.41) is 8.44. The van der Waals surface area contributed by atoms with Gasteiger partial charge in [-0.2, -0.15) is 5.26 Å². The largest absolute Gasteiger partial charge is 0.573 e. The highest BCUT2D eigenvalue weighted by Crippen LogP contribution is 2.37. The Labute approximate surface area is 112 Å². The molecule has 0 spiro atoms. The Hall–Kier alpha value is -1.18. The van der Waals surface area contributed by atoms with Crippen molar-refractivity contribution in [3.8, 4) is 11.8 Å². The number of halogens is 6. The second kappa shape index (κ2) is 5.64. The van der Waals surface area contributed by atoms with E-state index >= 15 is 0 Å². The molecule has 0 unspecified atom stereocenters. The second-order valence-electron chi connectivity index (χ2n) is 2.99. The quantitative estimate of drug-likeness (QED) is 0.597. The fourth-order valence-corrected chi connectivity index (χ4v) is 1.85. The van der Waals surface area contributed by atoms with Crippen LogP contribution in [0.5, 0.6) is 5.75 Å². The van der Waals surface area contributed by atoms with E-state index in [0.717, 1.165) is 0 Å². The number of nitrogens with zero attached hydrogens (tertiary/aromatic N) is 2. The van der Waals surface area contributed by atoms with Gasteiger partial charge in [-0.25, -0.2) is 8.78 Å². The zero-order valence-corrected chi connectivity index (χ0v) is 10.6. The van der Waals surface area contributed by atoms with Crippen LogP contribution in [-0.4, -0.2) is 11.3 Å². The molecule has 0 saturated carbocycles. The van der Waals surface area contributed by atoms with Crippen LogP contribution < -0.4 is 4.74 Å². The lowest BCUT2D eigenvalue weighted by Crippen LogP contribution is -2.20. The minimum absolute atomic E-state index is 0.0400. The topological polar surface area (TPSA) is 45.9 Å². The zero-order chi connectivity index (χ0) is 13.9. The highest BCUT2D eigenvalue weighted by molar-refractivity contribution is 14.1. The van der Waals surface area contributed by atoms with E-state index in [9.17, 15) is 22.0 Å². The van der Waals surface area contributed by atoms with Crippen molar-refractivity contribution in [2.45, 2.75) is 19.2 Å². The fraction of sp³-hybridized carbons (Fsp3) is 0.333. The first-order valence-electron chi connectivity index (χ1n) is 4.34. The predicted octanol–water partition coefficient (Wildman–Crippen LogP) is 3.59. The highest BCUT2D eigenvalue weighted by atomic mass is 127. The zero-order valence-electron chi connectivity index (χ0n) is 8.43. The molecule has 98 valence electrons. The standard InChI is InChI=1S/C9H4F5IN2O/c10-8(11)4-3-17-5(1-2-16)6(15)7(4)18-9(12,13)14/h3,8H,1H2. The molecule has 0 aromatic carbocycles. The molecule has 1 aromatic heterocycles. The number of aromatic nitrogens is 1. The average Bonchev–Trinajstić information content (AvgIpc) is 2.22. The summed E-state index contributed by atoms with van der Waals surface area (Å²) in [4.78, 5) is 3.52. The van der Waals surface area contributed by atoms with Crippen molar-refractivity contribution in [1.82, 2.24) is 4.98 Å². The van der Waals surface area contributed by atoms with E-state index in [1.807, 2.05) is 0 Å². The van der Waals surface area contributed by atoms with Gasteiger partial charge >= 0.3 is 6.36 Å². The van der Waals surface area contributed by atoms with Gasteiger partial charge in [-0.3, -0.25) is 4.98 Å². The van der Waals surface area contributed by atoms with Crippen LogP contribution in [0.15, 0.2) is 6.20 Å². The lowest BCUT2D eigenvalue weighted by Gasteiger charge is -2.15. The summed E-state index contributed by atoms with van der Waals surface area (Å²) < 4.78 is 64.8. The van der Waals surface area contributed by atoms with Crippen LogP contribution in [0.4, 0.5) is 22.0 Å². The molecule has 0 aliphatic heterocycles. The molecular weight excluding hydrogens is 374 g/mol. The van der Waals surface area contributed by atoms with Gasteiger partial charge in [0, 0.05) is 6.20 Å². The number of nitriles is 1. The Kier molecular flexibility index (Phi) is 4.66. The third-order valence-corrected chi connectivity index (χ3v) is 2.89. The Morgan fingerprint density at radius 1 is 1.44 bits per heavy atom. The van der Waals surface area contributed by atoms with Crippen molar-refractivity contribution in [3.63, 3.8) is 0 Å². The first-order chi connectivity index (χ1) is 8.26. The van der Waals surface area contributed by atoms with Gasteiger partial charge in [0.15, 0.2) is 5.75 Å². The molecule has 0 aliphatic rings. The first kappa shape index (κ1) is 14.9. The lowest BCUT2D eigenvalue weighted by atomic mass is 10.2. The minimum Gasteiger partial charge on any atom is -0.404 e. The SMILES string of the molecule is N#CCc1ncc(C(F)F)c(OC(F)(F)F)c1I. The van der Waals surface area contributed by atoms with Crippen LogP contribution in [0.1, 0.15) is 17.7 Å². The second-order valence-corrected chi connectivity index (χ2v) is 4.07. The van der Waals surface area contributed by atoms with Crippen LogP contribution in [0.2, 0.25) is 0 Å². The minimum atomic E-state index is -5.09. The van der Waals surface area contributed by atoms with Crippen LogP contribution in [-0.2, 0) is 6.42 Å². The van der Waals surface area contributed by atoms with E-state index in [1.165, 1.54) is 22.6 Å². The molecule has 0 N–H and O–H groups in total. The van der Waals surface area contributed by atoms with E-state index in [1.54, 1.807) is 6.07 Å². The number of pyridine rings is 1. The number of alkyl halides is 5. The molecule has 0 fully saturated rings. The Balaban J connectivity index is 3.32. The van der Waals surface area contributed by atoms with Crippen molar-refractivity contribution in [1.29, 1.82) is 5.26 Å². The third-order valence-electron chi connectivity index (χ3n) is 1.77. The maximum Gasteiger partial charge on any atom is 0.573 e. The average molecular weight is 378 g/mol. The summed E-state index contributed by atoms with van der Waals surface area (Å²) in [6, 6.07) is 1.67. The molecule has 3 nitrogen and oxygen atoms in total. The Morgan fingerprint density at radius 3 is 2.50 bits per heavy atom. The number of ether oxygens (including phenoxy) is 1. The molecular formula is C9H4F5IN2O. The smallest absolute Gasteiger partial charge is 0.404 e. The number of hydrogen-bond donors (Lipinski definition) is 0. The van der Waals surface area contributed by atoms with Gasteiger partial charge in [0.05, 0.1) is 27.3 Å². The molecule has 9 heteroatoms. The summed E-state index contributed by atoms with van der Waals surface area (Å²) >= 11 is 1.39. The van der Waals surface area contributed by atoms with E-state index in [-0.39, 0.29) is 15.7 Å². The Morgan fingerprint density at radius 2 is 2.06 bits per heavy atom. The molecule has 0 radical (unpaired) electrons. The lowest BCUT2D eigenvalue weighted by molar-refractivity contribution is -0.275. The van der Waals surface area contributed by atoms with Gasteiger partial charge in [0.25, 0.3) is 6.43 Å². The molecule has 1 aromatic rings. The summed E-state index contributed by atoms with van der Waals surface area (Å²) in [6.45, 7) is 0. The number of rotatable bonds is 3. The van der Waals surface area contributed by atoms with Gasteiger partial charge < -0.3 is 4.74 Å². The summed E-state index contributed by atoms with van der Waals surface area (Å²) in [7, 11) is 0. The van der Waals surface area contributed by atoms with Gasteiger partial charge in [0.1, 0.15) is 0 Å². The fourth-order valence-electron chi connectivity index (χ4n) is 1.09. The van der Waals surface area contributed by atoms with E-state index in [2.05, 4.69) is 9.72 Å². The van der Waals surface area contributed by atoms with Gasteiger partial charge in [-0.15, -0.1) is 13.2 Å². The molecule has 18 heavy (non-hydrogen) atoms. The van der Waals surface area contributed by atoms with Crippen molar-refractivity contribution in [2.24, 2.45) is 0 Å². The van der Waals surface area contributed by atoms with Crippen molar-refractivity contribution < 1.29 is 26.7 Å². The number of hydrogen-bond acceptors (Lipinski definition) is 3. The Bertz CT molecular complexity index is 483. The summed E-state index contributed by atoms with van der Waals surface area (Å²) in [5.41, 5.74) is -1.000. The third kappa shape index (κ3) is 3.66.